The molecule has 3 aliphatic rings. The molecule has 2 aromatic rings. The summed E-state index contributed by atoms with van der Waals surface area (Å²) < 4.78 is 10.8. The fourth-order valence-corrected chi connectivity index (χ4v) is 4.16. The second-order valence-electron chi connectivity index (χ2n) is 7.81. The largest absolute Gasteiger partial charge is 0.454 e. The number of ether oxygens (including phenoxy) is 2. The average Bonchev–Trinajstić information content (AvgIpc) is 3.44. The van der Waals surface area contributed by atoms with E-state index in [1.807, 2.05) is 41.3 Å². The lowest BCUT2D eigenvalue weighted by Gasteiger charge is -2.36. The number of fused-ring (bicyclic) bond motifs is 1. The van der Waals surface area contributed by atoms with Gasteiger partial charge in [-0.2, -0.15) is 5.53 Å². The van der Waals surface area contributed by atoms with Crippen LogP contribution < -0.4 is 31.2 Å². The second kappa shape index (κ2) is 8.89. The summed E-state index contributed by atoms with van der Waals surface area (Å²) in [5, 5.41) is 4.00. The van der Waals surface area contributed by atoms with Crippen LogP contribution in [0, 0.1) is 0 Å². The van der Waals surface area contributed by atoms with Crippen LogP contribution in [0.3, 0.4) is 0 Å². The van der Waals surface area contributed by atoms with Gasteiger partial charge in [0.15, 0.2) is 11.5 Å². The molecule has 31 heavy (non-hydrogen) atoms. The number of carbonyl (C=O) groups is 1. The van der Waals surface area contributed by atoms with Crippen molar-refractivity contribution in [3.05, 3.63) is 53.1 Å². The maximum Gasteiger partial charge on any atom is 0.244 e. The molecule has 2 aromatic carbocycles. The van der Waals surface area contributed by atoms with E-state index in [4.69, 9.17) is 21.1 Å². The Bertz CT molecular complexity index is 935. The van der Waals surface area contributed by atoms with Gasteiger partial charge in [0.1, 0.15) is 12.2 Å². The number of rotatable bonds is 5. The van der Waals surface area contributed by atoms with Crippen molar-refractivity contribution in [3.63, 3.8) is 0 Å². The van der Waals surface area contributed by atoms with E-state index in [0.717, 1.165) is 36.8 Å². The lowest BCUT2D eigenvalue weighted by atomic mass is 10.1. The molecule has 2 unspecified atom stereocenters. The summed E-state index contributed by atoms with van der Waals surface area (Å²) in [6.45, 7) is 4.13. The molecule has 0 aliphatic carbocycles. The standard InChI is InChI=1S/C21H25ClN6O3/c22-15-2-4-16(5-3-15)23-20-19(24-26-25-20)21(29)28-9-7-27(8-10-28)12-14-1-6-17-18(11-14)31-13-30-17/h1-6,11,19-20,23-26H,7-10,12-13H2. The van der Waals surface area contributed by atoms with E-state index in [1.165, 1.54) is 5.56 Å². The minimum atomic E-state index is -0.420. The Kier molecular flexibility index (Phi) is 5.84. The number of anilines is 1. The van der Waals surface area contributed by atoms with Crippen molar-refractivity contribution in [2.45, 2.75) is 18.8 Å². The number of benzene rings is 2. The molecule has 2 saturated heterocycles. The highest BCUT2D eigenvalue weighted by molar-refractivity contribution is 6.30. The molecular weight excluding hydrogens is 420 g/mol. The summed E-state index contributed by atoms with van der Waals surface area (Å²) in [5.41, 5.74) is 11.0. The minimum absolute atomic E-state index is 0.0618. The number of hydrazine groups is 2. The number of nitrogens with one attached hydrogen (secondary N) is 4. The van der Waals surface area contributed by atoms with Crippen molar-refractivity contribution in [1.82, 2.24) is 26.2 Å². The molecule has 3 heterocycles. The minimum Gasteiger partial charge on any atom is -0.454 e. The number of hydrogen-bond donors (Lipinski definition) is 4. The first-order valence-electron chi connectivity index (χ1n) is 10.3. The highest BCUT2D eigenvalue weighted by Crippen LogP contribution is 2.32. The summed E-state index contributed by atoms with van der Waals surface area (Å²) in [6, 6.07) is 13.0. The van der Waals surface area contributed by atoms with Gasteiger partial charge >= 0.3 is 0 Å². The number of carbonyl (C=O) groups excluding carboxylic acids is 1. The number of nitrogens with zero attached hydrogens (tertiary/aromatic N) is 2. The lowest BCUT2D eigenvalue weighted by Crippen LogP contribution is -2.56. The molecule has 0 bridgehead atoms. The maximum atomic E-state index is 13.1. The zero-order valence-electron chi connectivity index (χ0n) is 16.9. The van der Waals surface area contributed by atoms with Crippen LogP contribution in [0.1, 0.15) is 5.56 Å². The number of amides is 1. The summed E-state index contributed by atoms with van der Waals surface area (Å²) in [7, 11) is 0. The van der Waals surface area contributed by atoms with Gasteiger partial charge in [-0.3, -0.25) is 9.69 Å². The van der Waals surface area contributed by atoms with Crippen molar-refractivity contribution < 1.29 is 14.3 Å². The van der Waals surface area contributed by atoms with Crippen molar-refractivity contribution in [2.75, 3.05) is 38.3 Å². The third-order valence-electron chi connectivity index (χ3n) is 5.75. The Balaban J connectivity index is 1.14. The number of hydrogen-bond acceptors (Lipinski definition) is 8. The quantitative estimate of drug-likeness (QED) is 0.546. The molecule has 0 radical (unpaired) electrons. The molecule has 4 N–H and O–H groups in total. The van der Waals surface area contributed by atoms with Crippen LogP contribution in [0.5, 0.6) is 11.5 Å². The van der Waals surface area contributed by atoms with Crippen molar-refractivity contribution in [3.8, 4) is 11.5 Å². The molecule has 164 valence electrons. The average molecular weight is 445 g/mol. The monoisotopic (exact) mass is 444 g/mol. The normalized spacial score (nSPS) is 23.2. The van der Waals surface area contributed by atoms with E-state index >= 15 is 0 Å². The topological polar surface area (TPSA) is 90.1 Å². The summed E-state index contributed by atoms with van der Waals surface area (Å²) in [5.74, 6) is 1.66. The molecule has 9 nitrogen and oxygen atoms in total. The first-order chi connectivity index (χ1) is 15.2. The third kappa shape index (κ3) is 4.56. The smallest absolute Gasteiger partial charge is 0.244 e. The molecule has 1 amide bonds. The van der Waals surface area contributed by atoms with Crippen LogP contribution in [0.4, 0.5) is 5.69 Å². The van der Waals surface area contributed by atoms with Gasteiger partial charge in [-0.25, -0.2) is 10.9 Å². The fraction of sp³-hybridized carbons (Fsp3) is 0.381. The Labute approximate surface area is 185 Å². The van der Waals surface area contributed by atoms with Gasteiger partial charge in [0.05, 0.1) is 0 Å². The molecule has 0 spiro atoms. The Morgan fingerprint density at radius 2 is 1.81 bits per heavy atom. The van der Waals surface area contributed by atoms with E-state index < -0.39 is 6.04 Å². The van der Waals surface area contributed by atoms with E-state index in [0.29, 0.717) is 18.1 Å². The third-order valence-corrected chi connectivity index (χ3v) is 6.00. The molecule has 2 fully saturated rings. The van der Waals surface area contributed by atoms with Gasteiger partial charge in [-0.1, -0.05) is 17.7 Å². The zero-order chi connectivity index (χ0) is 21.2. The van der Waals surface area contributed by atoms with Gasteiger partial charge in [0, 0.05) is 43.4 Å². The highest BCUT2D eigenvalue weighted by atomic mass is 35.5. The van der Waals surface area contributed by atoms with Crippen molar-refractivity contribution in [2.24, 2.45) is 0 Å². The summed E-state index contributed by atoms with van der Waals surface area (Å²) >= 11 is 5.95. The van der Waals surface area contributed by atoms with Crippen LogP contribution in [0.15, 0.2) is 42.5 Å². The zero-order valence-corrected chi connectivity index (χ0v) is 17.7. The Morgan fingerprint density at radius 1 is 1.03 bits per heavy atom. The van der Waals surface area contributed by atoms with Crippen molar-refractivity contribution in [1.29, 1.82) is 0 Å². The maximum absolute atomic E-state index is 13.1. The predicted octanol–water partition coefficient (Wildman–Crippen LogP) is 1.13. The molecule has 0 saturated carbocycles. The Hall–Kier alpha value is -2.56. The van der Waals surface area contributed by atoms with Crippen LogP contribution in [-0.4, -0.2) is 60.9 Å². The van der Waals surface area contributed by atoms with Gasteiger partial charge in [-0.05, 0) is 42.0 Å². The Morgan fingerprint density at radius 3 is 2.61 bits per heavy atom. The fourth-order valence-electron chi connectivity index (χ4n) is 4.03. The molecule has 5 rings (SSSR count). The molecule has 2 atom stereocenters. The van der Waals surface area contributed by atoms with Crippen LogP contribution in [-0.2, 0) is 11.3 Å². The predicted molar refractivity (Wildman–Crippen MR) is 116 cm³/mol. The van der Waals surface area contributed by atoms with E-state index in [-0.39, 0.29) is 18.9 Å². The van der Waals surface area contributed by atoms with E-state index in [9.17, 15) is 4.79 Å². The van der Waals surface area contributed by atoms with Gasteiger partial charge in [0.25, 0.3) is 0 Å². The molecule has 10 heteroatoms. The molecule has 3 aliphatic heterocycles. The second-order valence-corrected chi connectivity index (χ2v) is 8.25. The van der Waals surface area contributed by atoms with E-state index in [1.54, 1.807) is 0 Å². The highest BCUT2D eigenvalue weighted by Gasteiger charge is 2.36. The van der Waals surface area contributed by atoms with E-state index in [2.05, 4.69) is 32.7 Å². The molecular formula is C21H25ClN6O3. The van der Waals surface area contributed by atoms with Crippen LogP contribution >= 0.6 is 11.6 Å². The van der Waals surface area contributed by atoms with Crippen LogP contribution in [0.2, 0.25) is 5.02 Å². The SMILES string of the molecule is O=C(C1NNNC1Nc1ccc(Cl)cc1)N1CCN(Cc2ccc3c(c2)OCO3)CC1. The van der Waals surface area contributed by atoms with Crippen molar-refractivity contribution >= 4 is 23.2 Å². The van der Waals surface area contributed by atoms with Crippen LogP contribution in [0.25, 0.3) is 0 Å². The van der Waals surface area contributed by atoms with Gasteiger partial charge in [0.2, 0.25) is 12.7 Å². The first-order valence-corrected chi connectivity index (χ1v) is 10.7. The molecule has 0 aromatic heterocycles. The number of piperazine rings is 1. The number of halogens is 1. The lowest BCUT2D eigenvalue weighted by molar-refractivity contribution is -0.135. The summed E-state index contributed by atoms with van der Waals surface area (Å²) in [4.78, 5) is 17.4. The summed E-state index contributed by atoms with van der Waals surface area (Å²) in [6.07, 6.45) is -0.277. The first kappa shape index (κ1) is 20.3. The van der Waals surface area contributed by atoms with Gasteiger partial charge < -0.3 is 19.7 Å². The van der Waals surface area contributed by atoms with Gasteiger partial charge in [-0.15, -0.1) is 0 Å².